The van der Waals surface area contributed by atoms with Crippen LogP contribution in [-0.4, -0.2) is 17.5 Å². The Bertz CT molecular complexity index is 682. The molecule has 0 spiro atoms. The molecule has 0 amide bonds. The summed E-state index contributed by atoms with van der Waals surface area (Å²) >= 11 is 0. The van der Waals surface area contributed by atoms with Crippen LogP contribution in [0.2, 0.25) is 0 Å². The molecule has 1 aliphatic rings. The van der Waals surface area contributed by atoms with E-state index in [2.05, 4.69) is 9.98 Å². The number of halogens is 2. The molecule has 0 radical (unpaired) electrons. The molecule has 0 bridgehead atoms. The van der Waals surface area contributed by atoms with Crippen LogP contribution in [0.15, 0.2) is 47.6 Å². The zero-order chi connectivity index (χ0) is 15.0. The van der Waals surface area contributed by atoms with Crippen molar-refractivity contribution in [1.29, 1.82) is 0 Å². The van der Waals surface area contributed by atoms with Gasteiger partial charge in [-0.2, -0.15) is 0 Å². The maximum Gasteiger partial charge on any atom is 0.196 e. The van der Waals surface area contributed by atoms with Gasteiger partial charge in [-0.15, -0.1) is 0 Å². The van der Waals surface area contributed by atoms with Crippen LogP contribution < -0.4 is 10.6 Å². The molecule has 0 fully saturated rings. The molecule has 0 saturated heterocycles. The highest BCUT2D eigenvalue weighted by molar-refractivity contribution is 5.98. The van der Waals surface area contributed by atoms with Crippen molar-refractivity contribution in [2.45, 2.75) is 12.5 Å². The van der Waals surface area contributed by atoms with Gasteiger partial charge in [0.05, 0.1) is 18.4 Å². The summed E-state index contributed by atoms with van der Waals surface area (Å²) in [4.78, 5) is 10.2. The van der Waals surface area contributed by atoms with Crippen LogP contribution in [0.3, 0.4) is 0 Å². The summed E-state index contributed by atoms with van der Waals surface area (Å²) in [7, 11) is 0. The number of anilines is 1. The van der Waals surface area contributed by atoms with Gasteiger partial charge in [-0.1, -0.05) is 0 Å². The van der Waals surface area contributed by atoms with E-state index in [1.807, 2.05) is 6.92 Å². The summed E-state index contributed by atoms with van der Waals surface area (Å²) in [6, 6.07) is 8.94. The molecule has 4 nitrogen and oxygen atoms in total. The van der Waals surface area contributed by atoms with E-state index in [-0.39, 0.29) is 5.82 Å². The number of aromatic nitrogens is 1. The topological polar surface area (TPSA) is 54.5 Å². The average Bonchev–Trinajstić information content (AvgIpc) is 2.78. The monoisotopic (exact) mass is 288 g/mol. The fourth-order valence-electron chi connectivity index (χ4n) is 2.53. The summed E-state index contributed by atoms with van der Waals surface area (Å²) in [5, 5.41) is 0. The Morgan fingerprint density at radius 1 is 1.10 bits per heavy atom. The summed E-state index contributed by atoms with van der Waals surface area (Å²) in [6.07, 6.45) is 1.16. The van der Waals surface area contributed by atoms with Crippen molar-refractivity contribution < 1.29 is 8.78 Å². The van der Waals surface area contributed by atoms with E-state index < -0.39 is 11.4 Å². The van der Waals surface area contributed by atoms with Crippen molar-refractivity contribution >= 4 is 11.6 Å². The number of hydrogen-bond donors (Lipinski definition) is 1. The zero-order valence-corrected chi connectivity index (χ0v) is 11.4. The van der Waals surface area contributed by atoms with Gasteiger partial charge in [-0.3, -0.25) is 14.9 Å². The lowest BCUT2D eigenvalue weighted by molar-refractivity contribution is 0.510. The molecule has 21 heavy (non-hydrogen) atoms. The summed E-state index contributed by atoms with van der Waals surface area (Å²) < 4.78 is 26.2. The van der Waals surface area contributed by atoms with Gasteiger partial charge in [0.25, 0.3) is 0 Å². The molecule has 0 aliphatic carbocycles. The van der Waals surface area contributed by atoms with Crippen LogP contribution in [0.5, 0.6) is 0 Å². The van der Waals surface area contributed by atoms with E-state index in [0.717, 1.165) is 6.20 Å². The molecule has 1 atom stereocenters. The second-order valence-corrected chi connectivity index (χ2v) is 5.12. The molecule has 1 aliphatic heterocycles. The van der Waals surface area contributed by atoms with Gasteiger partial charge in [0.1, 0.15) is 17.2 Å². The van der Waals surface area contributed by atoms with Gasteiger partial charge >= 0.3 is 0 Å². The van der Waals surface area contributed by atoms with Crippen LogP contribution in [0.25, 0.3) is 0 Å². The van der Waals surface area contributed by atoms with Crippen LogP contribution in [0, 0.1) is 11.6 Å². The molecule has 3 rings (SSSR count). The van der Waals surface area contributed by atoms with Crippen molar-refractivity contribution in [2.75, 3.05) is 11.4 Å². The molecule has 2 aromatic rings. The Kier molecular flexibility index (Phi) is 3.08. The molecule has 2 N–H and O–H groups in total. The first-order valence-corrected chi connectivity index (χ1v) is 6.48. The van der Waals surface area contributed by atoms with E-state index in [1.165, 1.54) is 18.2 Å². The third kappa shape index (κ3) is 2.22. The fourth-order valence-corrected chi connectivity index (χ4v) is 2.53. The normalized spacial score (nSPS) is 21.5. The Morgan fingerprint density at radius 3 is 2.38 bits per heavy atom. The van der Waals surface area contributed by atoms with Crippen LogP contribution in [-0.2, 0) is 5.54 Å². The summed E-state index contributed by atoms with van der Waals surface area (Å²) in [5.74, 6) is -0.395. The van der Waals surface area contributed by atoms with Gasteiger partial charge in [0.2, 0.25) is 0 Å². The predicted octanol–water partition coefficient (Wildman–Crippen LogP) is 2.41. The third-order valence-electron chi connectivity index (χ3n) is 3.64. The van der Waals surface area contributed by atoms with Crippen molar-refractivity contribution in [3.05, 3.63) is 59.9 Å². The maximum absolute atomic E-state index is 13.1. The SMILES string of the molecule is CC1(c2ccc(F)cn2)CN=C(N)N1c1ccc(F)cc1. The molecular formula is C15H14F2N4. The Hall–Kier alpha value is -2.50. The first-order valence-electron chi connectivity index (χ1n) is 6.48. The number of pyridine rings is 1. The van der Waals surface area contributed by atoms with Crippen molar-refractivity contribution in [3.63, 3.8) is 0 Å². The van der Waals surface area contributed by atoms with E-state index in [0.29, 0.717) is 23.9 Å². The Morgan fingerprint density at radius 2 is 1.76 bits per heavy atom. The lowest BCUT2D eigenvalue weighted by Gasteiger charge is -2.35. The smallest absolute Gasteiger partial charge is 0.196 e. The number of nitrogens with zero attached hydrogens (tertiary/aromatic N) is 3. The summed E-state index contributed by atoms with van der Waals surface area (Å²) in [6.45, 7) is 2.31. The second-order valence-electron chi connectivity index (χ2n) is 5.12. The Balaban J connectivity index is 2.05. The molecule has 6 heteroatoms. The molecule has 0 saturated carbocycles. The van der Waals surface area contributed by atoms with Crippen LogP contribution >= 0.6 is 0 Å². The third-order valence-corrected chi connectivity index (χ3v) is 3.64. The van der Waals surface area contributed by atoms with Gasteiger partial charge < -0.3 is 5.73 Å². The van der Waals surface area contributed by atoms with Gasteiger partial charge in [0, 0.05) is 5.69 Å². The minimum Gasteiger partial charge on any atom is -0.369 e. The van der Waals surface area contributed by atoms with Crippen LogP contribution in [0.1, 0.15) is 12.6 Å². The van der Waals surface area contributed by atoms with Crippen molar-refractivity contribution in [1.82, 2.24) is 4.98 Å². The van der Waals surface area contributed by atoms with Crippen molar-refractivity contribution in [2.24, 2.45) is 10.7 Å². The quantitative estimate of drug-likeness (QED) is 0.923. The zero-order valence-electron chi connectivity index (χ0n) is 11.4. The minimum atomic E-state index is -0.629. The van der Waals surface area contributed by atoms with E-state index >= 15 is 0 Å². The lowest BCUT2D eigenvalue weighted by atomic mass is 9.95. The fraction of sp³-hybridized carbons (Fsp3) is 0.200. The highest BCUT2D eigenvalue weighted by Gasteiger charge is 2.41. The number of guanidine groups is 1. The van der Waals surface area contributed by atoms with Gasteiger partial charge in [0.15, 0.2) is 5.96 Å². The number of benzene rings is 1. The molecule has 1 unspecified atom stereocenters. The van der Waals surface area contributed by atoms with Gasteiger partial charge in [-0.05, 0) is 43.3 Å². The average molecular weight is 288 g/mol. The van der Waals surface area contributed by atoms with Gasteiger partial charge in [-0.25, -0.2) is 8.78 Å². The highest BCUT2D eigenvalue weighted by atomic mass is 19.1. The molecular weight excluding hydrogens is 274 g/mol. The molecule has 108 valence electrons. The number of aliphatic imine (C=N–C) groups is 1. The first-order chi connectivity index (χ1) is 10.0. The van der Waals surface area contributed by atoms with E-state index in [1.54, 1.807) is 23.1 Å². The number of hydrogen-bond acceptors (Lipinski definition) is 4. The maximum atomic E-state index is 13.1. The van der Waals surface area contributed by atoms with Crippen LogP contribution in [0.4, 0.5) is 14.5 Å². The van der Waals surface area contributed by atoms with E-state index in [9.17, 15) is 8.78 Å². The highest BCUT2D eigenvalue weighted by Crippen LogP contribution is 2.35. The van der Waals surface area contributed by atoms with E-state index in [4.69, 9.17) is 5.73 Å². The minimum absolute atomic E-state index is 0.324. The molecule has 1 aromatic carbocycles. The predicted molar refractivity (Wildman–Crippen MR) is 76.9 cm³/mol. The number of nitrogens with two attached hydrogens (primary N) is 1. The second kappa shape index (κ2) is 4.80. The molecule has 2 heterocycles. The Labute approximate surface area is 120 Å². The largest absolute Gasteiger partial charge is 0.369 e. The van der Waals surface area contributed by atoms with Crippen molar-refractivity contribution in [3.8, 4) is 0 Å². The lowest BCUT2D eigenvalue weighted by Crippen LogP contribution is -2.48. The summed E-state index contributed by atoms with van der Waals surface area (Å²) in [5.41, 5.74) is 6.71. The standard InChI is InChI=1S/C15H14F2N4/c1-15(13-7-4-11(17)8-19-13)9-20-14(18)21(15)12-5-2-10(16)3-6-12/h2-8H,9H2,1H3,(H2,18,20). The molecule has 1 aromatic heterocycles. The number of rotatable bonds is 2. The first kappa shape index (κ1) is 13.5.